The van der Waals surface area contributed by atoms with Crippen LogP contribution in [-0.2, 0) is 6.42 Å². The number of aryl methyl sites for hydroxylation is 1. The molecule has 0 unspecified atom stereocenters. The van der Waals surface area contributed by atoms with Gasteiger partial charge in [-0.25, -0.2) is 0 Å². The monoisotopic (exact) mass is 325 g/mol. The lowest BCUT2D eigenvalue weighted by atomic mass is 10.1. The van der Waals surface area contributed by atoms with Crippen LogP contribution >= 0.6 is 0 Å². The molecule has 2 N–H and O–H groups in total. The summed E-state index contributed by atoms with van der Waals surface area (Å²) < 4.78 is 0. The summed E-state index contributed by atoms with van der Waals surface area (Å²) in [5.41, 5.74) is 1.97. The van der Waals surface area contributed by atoms with Crippen molar-refractivity contribution in [2.24, 2.45) is 0 Å². The zero-order chi connectivity index (χ0) is 17.2. The Kier molecular flexibility index (Phi) is 6.95. The molecule has 2 aromatic rings. The molecule has 5 nitrogen and oxygen atoms in total. The van der Waals surface area contributed by atoms with Gasteiger partial charge in [0.1, 0.15) is 5.69 Å². The first-order chi connectivity index (χ1) is 11.7. The first-order valence-electron chi connectivity index (χ1n) is 8.27. The van der Waals surface area contributed by atoms with Crippen molar-refractivity contribution in [3.05, 3.63) is 65.5 Å². The van der Waals surface area contributed by atoms with Crippen molar-refractivity contribution < 1.29 is 9.59 Å². The van der Waals surface area contributed by atoms with Crippen LogP contribution in [0.15, 0.2) is 48.7 Å². The van der Waals surface area contributed by atoms with Crippen molar-refractivity contribution in [3.8, 4) is 0 Å². The van der Waals surface area contributed by atoms with Crippen LogP contribution in [-0.4, -0.2) is 29.9 Å². The van der Waals surface area contributed by atoms with Crippen molar-refractivity contribution >= 4 is 11.8 Å². The highest BCUT2D eigenvalue weighted by Gasteiger charge is 2.11. The van der Waals surface area contributed by atoms with Crippen molar-refractivity contribution in [1.29, 1.82) is 0 Å². The lowest BCUT2D eigenvalue weighted by molar-refractivity contribution is 0.0948. The van der Waals surface area contributed by atoms with Gasteiger partial charge in [0.05, 0.1) is 0 Å². The number of pyridine rings is 1. The average Bonchev–Trinajstić information content (AvgIpc) is 2.64. The van der Waals surface area contributed by atoms with E-state index in [0.717, 1.165) is 19.3 Å². The summed E-state index contributed by atoms with van der Waals surface area (Å²) in [5, 5.41) is 5.63. The van der Waals surface area contributed by atoms with Gasteiger partial charge < -0.3 is 10.6 Å². The topological polar surface area (TPSA) is 71.1 Å². The summed E-state index contributed by atoms with van der Waals surface area (Å²) in [5.74, 6) is -0.439. The van der Waals surface area contributed by atoms with E-state index in [1.165, 1.54) is 17.8 Å². The van der Waals surface area contributed by atoms with Gasteiger partial charge in [0, 0.05) is 24.8 Å². The molecule has 1 aromatic carbocycles. The Bertz CT molecular complexity index is 671. The molecular formula is C19H23N3O2. The lowest BCUT2D eigenvalue weighted by Crippen LogP contribution is -2.27. The third kappa shape index (κ3) is 5.50. The Hall–Kier alpha value is -2.69. The molecule has 0 radical (unpaired) electrons. The van der Waals surface area contributed by atoms with E-state index in [0.29, 0.717) is 18.7 Å². The van der Waals surface area contributed by atoms with Crippen LogP contribution in [0.3, 0.4) is 0 Å². The SMILES string of the molecule is CCCNC(=O)c1cc(C(=O)NCCCc2ccccc2)ccn1. The van der Waals surface area contributed by atoms with Gasteiger partial charge >= 0.3 is 0 Å². The van der Waals surface area contributed by atoms with Crippen LogP contribution in [0.5, 0.6) is 0 Å². The van der Waals surface area contributed by atoms with E-state index in [9.17, 15) is 9.59 Å². The molecule has 24 heavy (non-hydrogen) atoms. The van der Waals surface area contributed by atoms with Crippen LogP contribution < -0.4 is 10.6 Å². The van der Waals surface area contributed by atoms with Gasteiger partial charge in [0.25, 0.3) is 11.8 Å². The van der Waals surface area contributed by atoms with Crippen molar-refractivity contribution in [1.82, 2.24) is 15.6 Å². The average molecular weight is 325 g/mol. The maximum absolute atomic E-state index is 12.2. The predicted octanol–water partition coefficient (Wildman–Crippen LogP) is 2.58. The Morgan fingerprint density at radius 2 is 1.75 bits per heavy atom. The number of benzene rings is 1. The number of hydrogen-bond acceptors (Lipinski definition) is 3. The van der Waals surface area contributed by atoms with E-state index >= 15 is 0 Å². The molecule has 0 saturated heterocycles. The zero-order valence-electron chi connectivity index (χ0n) is 13.9. The molecule has 1 aromatic heterocycles. The van der Waals surface area contributed by atoms with Gasteiger partial charge in [0.15, 0.2) is 0 Å². The highest BCUT2D eigenvalue weighted by Crippen LogP contribution is 2.04. The van der Waals surface area contributed by atoms with Crippen LogP contribution in [0.4, 0.5) is 0 Å². The normalized spacial score (nSPS) is 10.2. The molecule has 0 bridgehead atoms. The number of carbonyl (C=O) groups excluding carboxylic acids is 2. The highest BCUT2D eigenvalue weighted by atomic mass is 16.2. The van der Waals surface area contributed by atoms with Crippen LogP contribution in [0.2, 0.25) is 0 Å². The summed E-state index contributed by atoms with van der Waals surface area (Å²) in [7, 11) is 0. The van der Waals surface area contributed by atoms with Gasteiger partial charge in [-0.1, -0.05) is 37.3 Å². The number of nitrogens with zero attached hydrogens (tertiary/aromatic N) is 1. The van der Waals surface area contributed by atoms with E-state index in [1.807, 2.05) is 25.1 Å². The fourth-order valence-electron chi connectivity index (χ4n) is 2.27. The van der Waals surface area contributed by atoms with Gasteiger partial charge in [-0.2, -0.15) is 0 Å². The fraction of sp³-hybridized carbons (Fsp3) is 0.316. The van der Waals surface area contributed by atoms with Gasteiger partial charge in [-0.05, 0) is 37.0 Å². The molecule has 0 aliphatic carbocycles. The van der Waals surface area contributed by atoms with E-state index in [4.69, 9.17) is 0 Å². The summed E-state index contributed by atoms with van der Waals surface area (Å²) in [6.07, 6.45) is 4.12. The maximum atomic E-state index is 12.2. The van der Waals surface area contributed by atoms with Gasteiger partial charge in [0.2, 0.25) is 0 Å². The summed E-state index contributed by atoms with van der Waals surface area (Å²) in [6, 6.07) is 13.3. The Morgan fingerprint density at radius 3 is 2.50 bits per heavy atom. The van der Waals surface area contributed by atoms with Crippen molar-refractivity contribution in [2.75, 3.05) is 13.1 Å². The van der Waals surface area contributed by atoms with Crippen molar-refractivity contribution in [2.45, 2.75) is 26.2 Å². The predicted molar refractivity (Wildman–Crippen MR) is 94.0 cm³/mol. The van der Waals surface area contributed by atoms with E-state index < -0.39 is 0 Å². The van der Waals surface area contributed by atoms with Crippen LogP contribution in [0.25, 0.3) is 0 Å². The number of nitrogens with one attached hydrogen (secondary N) is 2. The molecule has 0 atom stereocenters. The number of carbonyl (C=O) groups is 2. The standard InChI is InChI=1S/C19H23N3O2/c1-2-11-21-19(24)17-14-16(10-13-20-17)18(23)22-12-6-9-15-7-4-3-5-8-15/h3-5,7-8,10,13-14H,2,6,9,11-12H2,1H3,(H,21,24)(H,22,23). The fourth-order valence-corrected chi connectivity index (χ4v) is 2.27. The van der Waals surface area contributed by atoms with E-state index in [2.05, 4.69) is 27.8 Å². The van der Waals surface area contributed by atoms with Gasteiger partial charge in [-0.15, -0.1) is 0 Å². The molecule has 0 spiro atoms. The Morgan fingerprint density at radius 1 is 1.00 bits per heavy atom. The van der Waals surface area contributed by atoms with E-state index in [-0.39, 0.29) is 17.5 Å². The summed E-state index contributed by atoms with van der Waals surface area (Å²) in [4.78, 5) is 28.1. The number of rotatable bonds is 8. The molecular weight excluding hydrogens is 302 g/mol. The minimum Gasteiger partial charge on any atom is -0.352 e. The second-order valence-electron chi connectivity index (χ2n) is 5.53. The van der Waals surface area contributed by atoms with Gasteiger partial charge in [-0.3, -0.25) is 14.6 Å². The second-order valence-corrected chi connectivity index (χ2v) is 5.53. The minimum atomic E-state index is -0.254. The molecule has 0 saturated carbocycles. The molecule has 1 heterocycles. The Balaban J connectivity index is 1.82. The molecule has 0 aliphatic rings. The number of aromatic nitrogens is 1. The first kappa shape index (κ1) is 17.7. The quantitative estimate of drug-likeness (QED) is 0.733. The maximum Gasteiger partial charge on any atom is 0.269 e. The zero-order valence-corrected chi connectivity index (χ0v) is 13.9. The molecule has 2 amide bonds. The third-order valence-corrected chi connectivity index (χ3v) is 3.56. The largest absolute Gasteiger partial charge is 0.352 e. The lowest BCUT2D eigenvalue weighted by Gasteiger charge is -2.07. The highest BCUT2D eigenvalue weighted by molar-refractivity contribution is 5.98. The van der Waals surface area contributed by atoms with Crippen LogP contribution in [0, 0.1) is 0 Å². The van der Waals surface area contributed by atoms with E-state index in [1.54, 1.807) is 6.07 Å². The smallest absolute Gasteiger partial charge is 0.269 e. The van der Waals surface area contributed by atoms with Crippen LogP contribution in [0.1, 0.15) is 46.2 Å². The molecule has 126 valence electrons. The third-order valence-electron chi connectivity index (χ3n) is 3.56. The second kappa shape index (κ2) is 9.45. The minimum absolute atomic E-state index is 0.185. The van der Waals surface area contributed by atoms with Crippen molar-refractivity contribution in [3.63, 3.8) is 0 Å². The first-order valence-corrected chi connectivity index (χ1v) is 8.27. The number of hydrogen-bond donors (Lipinski definition) is 2. The summed E-state index contributed by atoms with van der Waals surface area (Å²) in [6.45, 7) is 3.16. The molecule has 5 heteroatoms. The molecule has 2 rings (SSSR count). The molecule has 0 aliphatic heterocycles. The number of amides is 2. The Labute approximate surface area is 142 Å². The molecule has 0 fully saturated rings. The summed E-state index contributed by atoms with van der Waals surface area (Å²) >= 11 is 0.